The predicted octanol–water partition coefficient (Wildman–Crippen LogP) is 3.02. The molecular formula is C26H36N2O4. The van der Waals surface area contributed by atoms with Gasteiger partial charge in [-0.3, -0.25) is 0 Å². The second-order valence-electron chi connectivity index (χ2n) is 8.99. The van der Waals surface area contributed by atoms with Crippen molar-refractivity contribution in [3.05, 3.63) is 48.5 Å². The number of aliphatic hydroxyl groups is 2. The van der Waals surface area contributed by atoms with Gasteiger partial charge in [-0.2, -0.15) is 0 Å². The average Bonchev–Trinajstić information content (AvgIpc) is 3.52. The number of ether oxygens (including phenoxy) is 2. The van der Waals surface area contributed by atoms with E-state index in [0.29, 0.717) is 26.3 Å². The van der Waals surface area contributed by atoms with Gasteiger partial charge in [0, 0.05) is 13.1 Å². The molecule has 2 N–H and O–H groups in total. The Labute approximate surface area is 191 Å². The highest BCUT2D eigenvalue weighted by atomic mass is 16.5. The van der Waals surface area contributed by atoms with Crippen LogP contribution in [0.25, 0.3) is 11.1 Å². The number of likely N-dealkylation sites (tertiary alicyclic amines) is 2. The summed E-state index contributed by atoms with van der Waals surface area (Å²) in [6.45, 7) is 6.30. The Morgan fingerprint density at radius 2 is 0.938 bits per heavy atom. The average molecular weight is 441 g/mol. The lowest BCUT2D eigenvalue weighted by atomic mass is 10.1. The lowest BCUT2D eigenvalue weighted by molar-refractivity contribution is 0.0757. The van der Waals surface area contributed by atoms with Crippen molar-refractivity contribution in [1.29, 1.82) is 0 Å². The van der Waals surface area contributed by atoms with Gasteiger partial charge in [0.1, 0.15) is 36.9 Å². The Balaban J connectivity index is 1.21. The normalized spacial score (nSPS) is 19.2. The van der Waals surface area contributed by atoms with E-state index in [1.165, 1.54) is 25.7 Å². The predicted molar refractivity (Wildman–Crippen MR) is 126 cm³/mol. The summed E-state index contributed by atoms with van der Waals surface area (Å²) >= 11 is 0. The van der Waals surface area contributed by atoms with Crippen LogP contribution in [-0.2, 0) is 0 Å². The van der Waals surface area contributed by atoms with Crippen molar-refractivity contribution in [2.45, 2.75) is 37.9 Å². The molecule has 32 heavy (non-hydrogen) atoms. The molecule has 2 heterocycles. The minimum atomic E-state index is -0.464. The maximum Gasteiger partial charge on any atom is 0.119 e. The van der Waals surface area contributed by atoms with E-state index in [-0.39, 0.29) is 0 Å². The molecule has 6 heteroatoms. The third-order valence-corrected chi connectivity index (χ3v) is 6.26. The van der Waals surface area contributed by atoms with Crippen molar-refractivity contribution >= 4 is 0 Å². The number of benzene rings is 2. The van der Waals surface area contributed by atoms with Crippen molar-refractivity contribution in [3.63, 3.8) is 0 Å². The van der Waals surface area contributed by atoms with Crippen LogP contribution in [-0.4, -0.2) is 84.7 Å². The molecule has 0 aromatic heterocycles. The smallest absolute Gasteiger partial charge is 0.119 e. The summed E-state index contributed by atoms with van der Waals surface area (Å²) in [6.07, 6.45) is 3.97. The van der Waals surface area contributed by atoms with E-state index in [9.17, 15) is 10.2 Å². The molecule has 2 aliphatic heterocycles. The number of hydrogen-bond donors (Lipinski definition) is 2. The molecule has 0 saturated carbocycles. The SMILES string of the molecule is O[C@H](COc1ccc(-c2ccc(OC[C@@H](O)CN3CCCC3)cc2)cc1)CN1CCCC1. The Bertz CT molecular complexity index is 730. The van der Waals surface area contributed by atoms with Crippen LogP contribution in [0.1, 0.15) is 25.7 Å². The maximum atomic E-state index is 10.2. The van der Waals surface area contributed by atoms with Crippen LogP contribution in [0.3, 0.4) is 0 Å². The molecule has 2 fully saturated rings. The van der Waals surface area contributed by atoms with Gasteiger partial charge in [0.15, 0.2) is 0 Å². The molecular weight excluding hydrogens is 404 g/mol. The molecule has 6 nitrogen and oxygen atoms in total. The lowest BCUT2D eigenvalue weighted by Gasteiger charge is -2.19. The van der Waals surface area contributed by atoms with Crippen LogP contribution in [0.4, 0.5) is 0 Å². The first-order valence-electron chi connectivity index (χ1n) is 11.9. The third-order valence-electron chi connectivity index (χ3n) is 6.26. The molecule has 2 atom stereocenters. The summed E-state index contributed by atoms with van der Waals surface area (Å²) in [4.78, 5) is 4.58. The second kappa shape index (κ2) is 11.7. The summed E-state index contributed by atoms with van der Waals surface area (Å²) in [5, 5.41) is 20.4. The first-order chi connectivity index (χ1) is 15.7. The minimum absolute atomic E-state index is 0.311. The molecule has 2 aromatic carbocycles. The number of β-amino-alcohol motifs (C(OH)–C–C–N with tert-alkyl or cyclic N) is 2. The summed E-state index contributed by atoms with van der Waals surface area (Å²) in [6, 6.07) is 15.9. The van der Waals surface area contributed by atoms with Gasteiger partial charge in [0.05, 0.1) is 0 Å². The summed E-state index contributed by atoms with van der Waals surface area (Å²) in [5.41, 5.74) is 2.19. The molecule has 2 saturated heterocycles. The molecule has 2 aromatic rings. The fourth-order valence-electron chi connectivity index (χ4n) is 4.50. The van der Waals surface area contributed by atoms with Crippen molar-refractivity contribution in [3.8, 4) is 22.6 Å². The van der Waals surface area contributed by atoms with E-state index in [2.05, 4.69) is 9.80 Å². The lowest BCUT2D eigenvalue weighted by Crippen LogP contribution is -2.33. The van der Waals surface area contributed by atoms with E-state index in [1.807, 2.05) is 48.5 Å². The van der Waals surface area contributed by atoms with Gasteiger partial charge in [0.2, 0.25) is 0 Å². The fourth-order valence-corrected chi connectivity index (χ4v) is 4.50. The Morgan fingerprint density at radius 3 is 1.28 bits per heavy atom. The van der Waals surface area contributed by atoms with E-state index >= 15 is 0 Å². The number of rotatable bonds is 11. The number of hydrogen-bond acceptors (Lipinski definition) is 6. The molecule has 0 radical (unpaired) electrons. The van der Waals surface area contributed by atoms with Crippen molar-refractivity contribution in [2.75, 3.05) is 52.5 Å². The molecule has 0 aliphatic carbocycles. The van der Waals surface area contributed by atoms with Gasteiger partial charge in [-0.15, -0.1) is 0 Å². The number of nitrogens with zero attached hydrogens (tertiary/aromatic N) is 2. The Hall–Kier alpha value is -2.12. The Morgan fingerprint density at radius 1 is 0.594 bits per heavy atom. The highest BCUT2D eigenvalue weighted by molar-refractivity contribution is 5.64. The highest BCUT2D eigenvalue weighted by Gasteiger charge is 2.17. The fraction of sp³-hybridized carbons (Fsp3) is 0.538. The van der Waals surface area contributed by atoms with Gasteiger partial charge >= 0.3 is 0 Å². The first kappa shape index (κ1) is 23.1. The first-order valence-corrected chi connectivity index (χ1v) is 11.9. The maximum absolute atomic E-state index is 10.2. The summed E-state index contributed by atoms with van der Waals surface area (Å²) in [5.74, 6) is 1.53. The molecule has 0 unspecified atom stereocenters. The van der Waals surface area contributed by atoms with Gasteiger partial charge in [0.25, 0.3) is 0 Å². The van der Waals surface area contributed by atoms with Gasteiger partial charge in [-0.1, -0.05) is 24.3 Å². The molecule has 0 amide bonds. The summed E-state index contributed by atoms with van der Waals surface area (Å²) < 4.78 is 11.5. The van der Waals surface area contributed by atoms with Crippen LogP contribution in [0, 0.1) is 0 Å². The zero-order valence-corrected chi connectivity index (χ0v) is 18.9. The molecule has 2 aliphatic rings. The topological polar surface area (TPSA) is 65.4 Å². The van der Waals surface area contributed by atoms with E-state index in [4.69, 9.17) is 9.47 Å². The van der Waals surface area contributed by atoms with Gasteiger partial charge in [-0.05, 0) is 87.3 Å². The standard InChI is InChI=1S/C26H36N2O4/c29-23(17-27-13-1-2-14-27)19-31-25-9-5-21(6-10-25)22-7-11-26(12-8-22)32-20-24(30)18-28-15-3-4-16-28/h5-12,23-24,29-30H,1-4,13-20H2/t23-,24-/m0/s1. The molecule has 0 spiro atoms. The Kier molecular flexibility index (Phi) is 8.40. The largest absolute Gasteiger partial charge is 0.491 e. The van der Waals surface area contributed by atoms with E-state index < -0.39 is 12.2 Å². The van der Waals surface area contributed by atoms with E-state index in [1.54, 1.807) is 0 Å². The third kappa shape index (κ3) is 6.94. The van der Waals surface area contributed by atoms with Crippen LogP contribution < -0.4 is 9.47 Å². The second-order valence-corrected chi connectivity index (χ2v) is 8.99. The van der Waals surface area contributed by atoms with Crippen LogP contribution >= 0.6 is 0 Å². The van der Waals surface area contributed by atoms with Crippen LogP contribution in [0.15, 0.2) is 48.5 Å². The van der Waals surface area contributed by atoms with E-state index in [0.717, 1.165) is 48.8 Å². The zero-order chi connectivity index (χ0) is 22.2. The monoisotopic (exact) mass is 440 g/mol. The van der Waals surface area contributed by atoms with Gasteiger partial charge in [-0.25, -0.2) is 0 Å². The van der Waals surface area contributed by atoms with Crippen molar-refractivity contribution < 1.29 is 19.7 Å². The highest BCUT2D eigenvalue weighted by Crippen LogP contribution is 2.25. The molecule has 174 valence electrons. The van der Waals surface area contributed by atoms with Crippen molar-refractivity contribution in [1.82, 2.24) is 9.80 Å². The van der Waals surface area contributed by atoms with Crippen LogP contribution in [0.2, 0.25) is 0 Å². The van der Waals surface area contributed by atoms with Crippen LogP contribution in [0.5, 0.6) is 11.5 Å². The summed E-state index contributed by atoms with van der Waals surface area (Å²) in [7, 11) is 0. The molecule has 4 rings (SSSR count). The quantitative estimate of drug-likeness (QED) is 0.560. The van der Waals surface area contributed by atoms with Crippen molar-refractivity contribution in [2.24, 2.45) is 0 Å². The van der Waals surface area contributed by atoms with Gasteiger partial charge < -0.3 is 29.5 Å². The molecule has 0 bridgehead atoms. The zero-order valence-electron chi connectivity index (χ0n) is 18.9. The minimum Gasteiger partial charge on any atom is -0.491 e. The number of aliphatic hydroxyl groups excluding tert-OH is 2.